The molecule has 0 bridgehead atoms. The van der Waals surface area contributed by atoms with Crippen molar-refractivity contribution in [2.75, 3.05) is 0 Å². The first-order valence-corrected chi connectivity index (χ1v) is 4.01. The Labute approximate surface area is 78.5 Å². The van der Waals surface area contributed by atoms with Gasteiger partial charge >= 0.3 is 5.69 Å². The fourth-order valence-electron chi connectivity index (χ4n) is 1.12. The van der Waals surface area contributed by atoms with Gasteiger partial charge in [-0.15, -0.1) is 0 Å². The molecule has 0 atom stereocenters. The summed E-state index contributed by atoms with van der Waals surface area (Å²) in [6.07, 6.45) is 2.93. The topological polar surface area (TPSA) is 78.6 Å². The van der Waals surface area contributed by atoms with Crippen LogP contribution in [0.5, 0.6) is 0 Å². The molecule has 2 heterocycles. The van der Waals surface area contributed by atoms with E-state index in [1.165, 1.54) is 6.20 Å². The fourth-order valence-corrected chi connectivity index (χ4v) is 1.12. The Morgan fingerprint density at radius 3 is 2.71 bits per heavy atom. The molecule has 0 fully saturated rings. The highest BCUT2D eigenvalue weighted by molar-refractivity contribution is 5.55. The zero-order chi connectivity index (χ0) is 9.97. The van der Waals surface area contributed by atoms with Crippen LogP contribution >= 0.6 is 0 Å². The lowest BCUT2D eigenvalue weighted by atomic mass is 10.2. The summed E-state index contributed by atoms with van der Waals surface area (Å²) in [5, 5.41) is 0. The molecule has 0 saturated heterocycles. The average molecular weight is 189 g/mol. The number of nitrogens with zero attached hydrogens (tertiary/aromatic N) is 1. The maximum absolute atomic E-state index is 11.3. The van der Waals surface area contributed by atoms with Crippen molar-refractivity contribution < 1.29 is 0 Å². The van der Waals surface area contributed by atoms with Gasteiger partial charge in [0.25, 0.3) is 5.56 Å². The number of hydrogen-bond acceptors (Lipinski definition) is 3. The molecular weight excluding hydrogens is 182 g/mol. The lowest BCUT2D eigenvalue weighted by Gasteiger charge is -1.96. The Morgan fingerprint density at radius 2 is 2.07 bits per heavy atom. The van der Waals surface area contributed by atoms with E-state index >= 15 is 0 Å². The highest BCUT2D eigenvalue weighted by Crippen LogP contribution is 2.07. The van der Waals surface area contributed by atoms with Gasteiger partial charge < -0.3 is 4.98 Å². The van der Waals surface area contributed by atoms with E-state index in [9.17, 15) is 9.59 Å². The number of aromatic nitrogens is 3. The number of pyridine rings is 1. The van der Waals surface area contributed by atoms with Crippen molar-refractivity contribution >= 4 is 0 Å². The second-order valence-corrected chi connectivity index (χ2v) is 2.70. The summed E-state index contributed by atoms with van der Waals surface area (Å²) in [4.78, 5) is 30.6. The molecule has 0 amide bonds. The van der Waals surface area contributed by atoms with Gasteiger partial charge in [0.1, 0.15) is 0 Å². The third-order valence-corrected chi connectivity index (χ3v) is 1.76. The van der Waals surface area contributed by atoms with Crippen molar-refractivity contribution in [3.63, 3.8) is 0 Å². The molecule has 0 aliphatic heterocycles. The smallest absolute Gasteiger partial charge is 0.313 e. The van der Waals surface area contributed by atoms with Crippen LogP contribution in [0.3, 0.4) is 0 Å². The van der Waals surface area contributed by atoms with Gasteiger partial charge in [-0.2, -0.15) is 0 Å². The lowest BCUT2D eigenvalue weighted by Crippen LogP contribution is -2.22. The van der Waals surface area contributed by atoms with Crippen LogP contribution in [0.25, 0.3) is 11.3 Å². The Balaban J connectivity index is 2.64. The predicted octanol–water partition coefficient (Wildman–Crippen LogP) is 0.125. The van der Waals surface area contributed by atoms with Crippen LogP contribution in [-0.2, 0) is 0 Å². The molecule has 2 rings (SSSR count). The van der Waals surface area contributed by atoms with E-state index in [1.807, 2.05) is 0 Å². The van der Waals surface area contributed by atoms with Crippen LogP contribution in [0.1, 0.15) is 0 Å². The molecule has 5 nitrogen and oxygen atoms in total. The third kappa shape index (κ3) is 1.47. The summed E-state index contributed by atoms with van der Waals surface area (Å²) in [5.41, 5.74) is -0.0719. The molecule has 5 heteroatoms. The monoisotopic (exact) mass is 189 g/mol. The van der Waals surface area contributed by atoms with E-state index in [4.69, 9.17) is 0 Å². The number of H-pyrrole nitrogens is 2. The van der Waals surface area contributed by atoms with Crippen LogP contribution in [0, 0.1) is 0 Å². The number of rotatable bonds is 1. The summed E-state index contributed by atoms with van der Waals surface area (Å²) in [6, 6.07) is 5.22. The Bertz CT molecular complexity index is 542. The van der Waals surface area contributed by atoms with Gasteiger partial charge in [0.2, 0.25) is 0 Å². The zero-order valence-electron chi connectivity index (χ0n) is 7.15. The van der Waals surface area contributed by atoms with Gasteiger partial charge in [0.05, 0.1) is 11.3 Å². The maximum atomic E-state index is 11.3. The quantitative estimate of drug-likeness (QED) is 0.669. The van der Waals surface area contributed by atoms with Crippen LogP contribution in [-0.4, -0.2) is 15.0 Å². The lowest BCUT2D eigenvalue weighted by molar-refractivity contribution is 1.03. The van der Waals surface area contributed by atoms with E-state index in [0.717, 1.165) is 0 Å². The van der Waals surface area contributed by atoms with Crippen molar-refractivity contribution in [1.29, 1.82) is 0 Å². The van der Waals surface area contributed by atoms with Crippen LogP contribution in [0.2, 0.25) is 0 Å². The maximum Gasteiger partial charge on any atom is 0.325 e. The molecule has 0 spiro atoms. The van der Waals surface area contributed by atoms with Gasteiger partial charge in [-0.3, -0.25) is 14.8 Å². The summed E-state index contributed by atoms with van der Waals surface area (Å²) in [7, 11) is 0. The number of aromatic amines is 2. The highest BCUT2D eigenvalue weighted by Gasteiger charge is 2.02. The van der Waals surface area contributed by atoms with Crippen LogP contribution < -0.4 is 11.2 Å². The van der Waals surface area contributed by atoms with E-state index in [2.05, 4.69) is 15.0 Å². The van der Waals surface area contributed by atoms with E-state index in [0.29, 0.717) is 11.3 Å². The molecule has 0 aromatic carbocycles. The first-order chi connectivity index (χ1) is 6.77. The summed E-state index contributed by atoms with van der Waals surface area (Å²) in [6.45, 7) is 0. The largest absolute Gasteiger partial charge is 0.325 e. The fraction of sp³-hybridized carbons (Fsp3) is 0. The van der Waals surface area contributed by atoms with Gasteiger partial charge in [0.15, 0.2) is 0 Å². The van der Waals surface area contributed by atoms with Crippen LogP contribution in [0.15, 0.2) is 40.2 Å². The van der Waals surface area contributed by atoms with Gasteiger partial charge in [-0.25, -0.2) is 4.79 Å². The second-order valence-electron chi connectivity index (χ2n) is 2.70. The minimum absolute atomic E-state index is 0.352. The first kappa shape index (κ1) is 8.43. The molecule has 0 unspecified atom stereocenters. The van der Waals surface area contributed by atoms with Crippen molar-refractivity contribution in [2.24, 2.45) is 0 Å². The van der Waals surface area contributed by atoms with Gasteiger partial charge in [-0.1, -0.05) is 6.07 Å². The third-order valence-electron chi connectivity index (χ3n) is 1.76. The van der Waals surface area contributed by atoms with Crippen molar-refractivity contribution in [2.45, 2.75) is 0 Å². The molecule has 0 saturated carbocycles. The Hall–Kier alpha value is -2.17. The first-order valence-electron chi connectivity index (χ1n) is 4.01. The predicted molar refractivity (Wildman–Crippen MR) is 50.9 cm³/mol. The summed E-state index contributed by atoms with van der Waals surface area (Å²) in [5.74, 6) is 0. The number of hydrogen-bond donors (Lipinski definition) is 2. The molecule has 2 aromatic heterocycles. The Kier molecular flexibility index (Phi) is 1.98. The van der Waals surface area contributed by atoms with E-state index in [1.54, 1.807) is 24.4 Å². The number of nitrogens with one attached hydrogen (secondary N) is 2. The van der Waals surface area contributed by atoms with Crippen LogP contribution in [0.4, 0.5) is 0 Å². The zero-order valence-corrected chi connectivity index (χ0v) is 7.15. The molecule has 0 aliphatic rings. The molecule has 70 valence electrons. The van der Waals surface area contributed by atoms with E-state index < -0.39 is 11.2 Å². The minimum Gasteiger partial charge on any atom is -0.313 e. The SMILES string of the molecule is O=c1[nH]cc(-c2ccccn2)c(=O)[nH]1. The van der Waals surface area contributed by atoms with Crippen molar-refractivity contribution in [3.05, 3.63) is 51.4 Å². The van der Waals surface area contributed by atoms with E-state index in [-0.39, 0.29) is 0 Å². The van der Waals surface area contributed by atoms with Gasteiger partial charge in [0, 0.05) is 12.4 Å². The molecule has 2 N–H and O–H groups in total. The summed E-state index contributed by atoms with van der Waals surface area (Å²) >= 11 is 0. The minimum atomic E-state index is -0.519. The molecule has 0 aliphatic carbocycles. The molecular formula is C9H7N3O2. The van der Waals surface area contributed by atoms with Gasteiger partial charge in [-0.05, 0) is 12.1 Å². The average Bonchev–Trinajstić information content (AvgIpc) is 2.19. The highest BCUT2D eigenvalue weighted by atomic mass is 16.2. The van der Waals surface area contributed by atoms with Crippen molar-refractivity contribution in [3.8, 4) is 11.3 Å². The second kappa shape index (κ2) is 3.29. The standard InChI is InChI=1S/C9H7N3O2/c13-8-6(5-11-9(14)12-8)7-3-1-2-4-10-7/h1-5H,(H2,11,12,13,14). The summed E-state index contributed by atoms with van der Waals surface area (Å²) < 4.78 is 0. The normalized spacial score (nSPS) is 10.0. The van der Waals surface area contributed by atoms with Crippen molar-refractivity contribution in [1.82, 2.24) is 15.0 Å². The molecule has 0 radical (unpaired) electrons. The Morgan fingerprint density at radius 1 is 1.21 bits per heavy atom. The molecule has 2 aromatic rings. The molecule has 14 heavy (non-hydrogen) atoms.